The molecule has 0 bridgehead atoms. The maximum atomic E-state index is 11.5. The smallest absolute Gasteiger partial charge is 0.328 e. The van der Waals surface area contributed by atoms with E-state index in [0.717, 1.165) is 0 Å². The Hall–Kier alpha value is -0.900. The highest BCUT2D eigenvalue weighted by molar-refractivity contribution is 7.90. The van der Waals surface area contributed by atoms with Gasteiger partial charge in [-0.05, 0) is 49.7 Å². The first-order valence-corrected chi connectivity index (χ1v) is 10.1. The van der Waals surface area contributed by atoms with Gasteiger partial charge in [0, 0.05) is 0 Å². The molecule has 0 aliphatic rings. The van der Waals surface area contributed by atoms with E-state index in [4.69, 9.17) is 4.74 Å². The quantitative estimate of drug-likeness (QED) is 0.497. The molecule has 0 aromatic rings. The Balaban J connectivity index is 6.14. The summed E-state index contributed by atoms with van der Waals surface area (Å²) in [5.74, 6) is 0.121. The van der Waals surface area contributed by atoms with Crippen LogP contribution in [0.4, 0.5) is 0 Å². The van der Waals surface area contributed by atoms with Gasteiger partial charge in [0.05, 0.1) is 0 Å². The van der Waals surface area contributed by atoms with Crippen molar-refractivity contribution in [2.75, 3.05) is 0 Å². The predicted molar refractivity (Wildman–Crippen MR) is 88.5 cm³/mol. The SMILES string of the molecule is CC(CC(C)C)=C(OC(=C(C)CC(C)C)S(=O)(=O)O)S(=O)(=O)O. The van der Waals surface area contributed by atoms with E-state index in [0.29, 0.717) is 0 Å². The largest absolute Gasteiger partial charge is 0.428 e. The molecule has 0 aliphatic carbocycles. The average molecular weight is 370 g/mol. The van der Waals surface area contributed by atoms with E-state index in [1.165, 1.54) is 13.8 Å². The molecule has 2 N–H and O–H groups in total. The second kappa shape index (κ2) is 8.27. The number of hydrogen-bond donors (Lipinski definition) is 2. The zero-order valence-electron chi connectivity index (χ0n) is 14.3. The highest BCUT2D eigenvalue weighted by Crippen LogP contribution is 2.27. The summed E-state index contributed by atoms with van der Waals surface area (Å²) in [6, 6.07) is 0. The van der Waals surface area contributed by atoms with Gasteiger partial charge in [-0.3, -0.25) is 9.11 Å². The summed E-state index contributed by atoms with van der Waals surface area (Å²) >= 11 is 0. The molecule has 0 heterocycles. The van der Waals surface area contributed by atoms with Crippen LogP contribution in [0.15, 0.2) is 21.3 Å². The number of allylic oxidation sites excluding steroid dienone is 2. The molecule has 0 unspecified atom stereocenters. The molecule has 0 rings (SSSR count). The lowest BCUT2D eigenvalue weighted by Crippen LogP contribution is -2.15. The van der Waals surface area contributed by atoms with Crippen molar-refractivity contribution in [1.29, 1.82) is 0 Å². The molecule has 0 saturated heterocycles. The van der Waals surface area contributed by atoms with Crippen LogP contribution in [0.25, 0.3) is 0 Å². The minimum Gasteiger partial charge on any atom is -0.428 e. The Morgan fingerprint density at radius 1 is 0.783 bits per heavy atom. The van der Waals surface area contributed by atoms with E-state index in [1.54, 1.807) is 0 Å². The molecule has 0 spiro atoms. The van der Waals surface area contributed by atoms with E-state index >= 15 is 0 Å². The zero-order chi connectivity index (χ0) is 18.6. The van der Waals surface area contributed by atoms with E-state index < -0.39 is 30.4 Å². The molecule has 136 valence electrons. The standard InChI is InChI=1S/C14H26O7S2/c1-9(2)7-11(5)13(22(15,16)17)21-14(23(18,19)20)12(6)8-10(3)4/h9-10H,7-8H2,1-6H3,(H,15,16,17)(H,18,19,20). The van der Waals surface area contributed by atoms with Gasteiger partial charge in [0.2, 0.25) is 10.2 Å². The lowest BCUT2D eigenvalue weighted by Gasteiger charge is -2.16. The molecule has 0 aromatic heterocycles. The van der Waals surface area contributed by atoms with Gasteiger partial charge in [-0.15, -0.1) is 0 Å². The second-order valence-corrected chi connectivity index (χ2v) is 9.03. The zero-order valence-corrected chi connectivity index (χ0v) is 16.0. The third-order valence-corrected chi connectivity index (χ3v) is 4.58. The highest BCUT2D eigenvalue weighted by atomic mass is 32.2. The average Bonchev–Trinajstić information content (AvgIpc) is 2.22. The first kappa shape index (κ1) is 22.1. The fourth-order valence-corrected chi connectivity index (χ4v) is 3.67. The monoisotopic (exact) mass is 370 g/mol. The molecule has 0 radical (unpaired) electrons. The van der Waals surface area contributed by atoms with Crippen molar-refractivity contribution in [3.8, 4) is 0 Å². The van der Waals surface area contributed by atoms with Crippen molar-refractivity contribution in [2.24, 2.45) is 11.8 Å². The van der Waals surface area contributed by atoms with Crippen molar-refractivity contribution < 1.29 is 30.7 Å². The maximum Gasteiger partial charge on any atom is 0.328 e. The lowest BCUT2D eigenvalue weighted by atomic mass is 10.1. The van der Waals surface area contributed by atoms with E-state index in [-0.39, 0.29) is 35.8 Å². The molecule has 0 atom stereocenters. The molecular weight excluding hydrogens is 344 g/mol. The summed E-state index contributed by atoms with van der Waals surface area (Å²) in [6.45, 7) is 10.2. The maximum absolute atomic E-state index is 11.5. The third-order valence-electron chi connectivity index (χ3n) is 2.78. The minimum atomic E-state index is -4.78. The predicted octanol–water partition coefficient (Wildman–Crippen LogP) is 3.33. The second-order valence-electron chi connectivity index (χ2n) is 6.38. The fourth-order valence-electron chi connectivity index (χ4n) is 2.20. The molecule has 0 aliphatic heterocycles. The lowest BCUT2D eigenvalue weighted by molar-refractivity contribution is 0.317. The summed E-state index contributed by atoms with van der Waals surface area (Å²) in [6.07, 6.45) is 0.550. The van der Waals surface area contributed by atoms with Gasteiger partial charge < -0.3 is 4.74 Å². The van der Waals surface area contributed by atoms with Crippen LogP contribution in [-0.2, 0) is 25.0 Å². The van der Waals surface area contributed by atoms with Crippen molar-refractivity contribution in [3.63, 3.8) is 0 Å². The molecular formula is C14H26O7S2. The van der Waals surface area contributed by atoms with Crippen LogP contribution in [0.2, 0.25) is 0 Å². The van der Waals surface area contributed by atoms with Crippen LogP contribution >= 0.6 is 0 Å². The van der Waals surface area contributed by atoms with Crippen LogP contribution in [0.3, 0.4) is 0 Å². The Labute approximate surface area is 138 Å². The summed E-state index contributed by atoms with van der Waals surface area (Å²) < 4.78 is 69.8. The van der Waals surface area contributed by atoms with Crippen molar-refractivity contribution in [3.05, 3.63) is 21.3 Å². The van der Waals surface area contributed by atoms with Crippen LogP contribution < -0.4 is 0 Å². The van der Waals surface area contributed by atoms with E-state index in [1.807, 2.05) is 27.7 Å². The van der Waals surface area contributed by atoms with Gasteiger partial charge in [0.15, 0.2) is 0 Å². The molecule has 0 saturated carbocycles. The van der Waals surface area contributed by atoms with Gasteiger partial charge in [-0.25, -0.2) is 0 Å². The minimum absolute atomic E-state index is 0.0604. The molecule has 0 fully saturated rings. The first-order chi connectivity index (χ1) is 10.2. The highest BCUT2D eigenvalue weighted by Gasteiger charge is 2.28. The van der Waals surface area contributed by atoms with E-state index in [9.17, 15) is 25.9 Å². The van der Waals surface area contributed by atoms with Crippen LogP contribution in [-0.4, -0.2) is 25.9 Å². The molecule has 7 nitrogen and oxygen atoms in total. The van der Waals surface area contributed by atoms with Crippen molar-refractivity contribution in [2.45, 2.75) is 54.4 Å². The van der Waals surface area contributed by atoms with E-state index in [2.05, 4.69) is 0 Å². The van der Waals surface area contributed by atoms with Gasteiger partial charge in [0.25, 0.3) is 0 Å². The van der Waals surface area contributed by atoms with Gasteiger partial charge in [0.1, 0.15) is 0 Å². The van der Waals surface area contributed by atoms with Crippen LogP contribution in [0, 0.1) is 11.8 Å². The molecule has 23 heavy (non-hydrogen) atoms. The molecule has 0 aromatic carbocycles. The van der Waals surface area contributed by atoms with Crippen LogP contribution in [0.1, 0.15) is 54.4 Å². The molecule has 0 amide bonds. The summed E-state index contributed by atoms with van der Waals surface area (Å²) in [5.41, 5.74) is 0.335. The van der Waals surface area contributed by atoms with Crippen molar-refractivity contribution in [1.82, 2.24) is 0 Å². The third kappa shape index (κ3) is 7.96. The van der Waals surface area contributed by atoms with Gasteiger partial charge in [-0.1, -0.05) is 27.7 Å². The number of rotatable bonds is 8. The van der Waals surface area contributed by atoms with Crippen LogP contribution in [0.5, 0.6) is 0 Å². The van der Waals surface area contributed by atoms with Gasteiger partial charge in [-0.2, -0.15) is 16.8 Å². The summed E-state index contributed by atoms with van der Waals surface area (Å²) in [4.78, 5) is 0. The number of hydrogen-bond acceptors (Lipinski definition) is 5. The fraction of sp³-hybridized carbons (Fsp3) is 0.714. The summed E-state index contributed by atoms with van der Waals surface area (Å²) in [7, 11) is -9.56. The van der Waals surface area contributed by atoms with Crippen molar-refractivity contribution >= 4 is 20.2 Å². The van der Waals surface area contributed by atoms with Gasteiger partial charge >= 0.3 is 20.2 Å². The first-order valence-electron chi connectivity index (χ1n) is 7.18. The Bertz CT molecular complexity index is 621. The normalized spacial score (nSPS) is 15.6. The Morgan fingerprint density at radius 2 is 1.04 bits per heavy atom. The summed E-state index contributed by atoms with van der Waals surface area (Å²) in [5, 5.41) is -1.72. The molecule has 9 heteroatoms. The Kier molecular flexibility index (Phi) is 7.95. The Morgan fingerprint density at radius 3 is 1.22 bits per heavy atom. The topological polar surface area (TPSA) is 118 Å². The number of ether oxygens (including phenoxy) is 1.